The second kappa shape index (κ2) is 6.41. The molecule has 1 aliphatic heterocycles. The summed E-state index contributed by atoms with van der Waals surface area (Å²) in [5, 5.41) is 3.27. The van der Waals surface area contributed by atoms with E-state index >= 15 is 4.39 Å². The molecule has 1 heterocycles. The summed E-state index contributed by atoms with van der Waals surface area (Å²) in [6.07, 6.45) is 0.343. The van der Waals surface area contributed by atoms with E-state index in [9.17, 15) is 0 Å². The van der Waals surface area contributed by atoms with E-state index < -0.39 is 5.67 Å². The Bertz CT molecular complexity index is 445. The smallest absolute Gasteiger partial charge is 0.138 e. The molecule has 2 rings (SSSR count). The highest BCUT2D eigenvalue weighted by molar-refractivity contribution is 5.43. The largest absolute Gasteiger partial charge is 0.497 e. The van der Waals surface area contributed by atoms with Crippen LogP contribution in [0.3, 0.4) is 0 Å². The molecule has 2 atom stereocenters. The van der Waals surface area contributed by atoms with Gasteiger partial charge in [-0.25, -0.2) is 4.39 Å². The first kappa shape index (κ1) is 15.1. The molecule has 2 unspecified atom stereocenters. The van der Waals surface area contributed by atoms with Gasteiger partial charge in [-0.15, -0.1) is 0 Å². The molecular formula is C15H22FNO3. The number of morpholine rings is 1. The zero-order valence-electron chi connectivity index (χ0n) is 12.2. The summed E-state index contributed by atoms with van der Waals surface area (Å²) >= 11 is 0. The molecule has 20 heavy (non-hydrogen) atoms. The third-order valence-electron chi connectivity index (χ3n) is 3.60. The molecule has 0 aromatic heterocycles. The Labute approximate surface area is 119 Å². The quantitative estimate of drug-likeness (QED) is 0.900. The minimum atomic E-state index is -1.49. The van der Waals surface area contributed by atoms with E-state index in [2.05, 4.69) is 5.32 Å². The highest BCUT2D eigenvalue weighted by Crippen LogP contribution is 2.38. The Hall–Kier alpha value is -1.33. The zero-order chi connectivity index (χ0) is 14.6. The van der Waals surface area contributed by atoms with Gasteiger partial charge in [0.2, 0.25) is 0 Å². The van der Waals surface area contributed by atoms with Crippen LogP contribution >= 0.6 is 0 Å². The van der Waals surface area contributed by atoms with Gasteiger partial charge in [0, 0.05) is 30.6 Å². The van der Waals surface area contributed by atoms with Crippen molar-refractivity contribution in [2.75, 3.05) is 34.0 Å². The number of methoxy groups -OCH3 is 2. The maximum atomic E-state index is 15.1. The normalized spacial score (nSPS) is 22.1. The number of rotatable bonds is 5. The molecule has 0 spiro atoms. The van der Waals surface area contributed by atoms with Crippen molar-refractivity contribution >= 4 is 0 Å². The van der Waals surface area contributed by atoms with Crippen LogP contribution in [0.25, 0.3) is 0 Å². The number of ether oxygens (including phenoxy) is 3. The van der Waals surface area contributed by atoms with Gasteiger partial charge in [0.1, 0.15) is 17.2 Å². The van der Waals surface area contributed by atoms with Crippen LogP contribution in [0.5, 0.6) is 11.5 Å². The Balaban J connectivity index is 2.18. The van der Waals surface area contributed by atoms with Crippen LogP contribution in [0.15, 0.2) is 18.2 Å². The summed E-state index contributed by atoms with van der Waals surface area (Å²) < 4.78 is 30.9. The lowest BCUT2D eigenvalue weighted by Crippen LogP contribution is -2.44. The summed E-state index contributed by atoms with van der Waals surface area (Å²) in [7, 11) is 3.11. The van der Waals surface area contributed by atoms with Crippen LogP contribution in [0.4, 0.5) is 4.39 Å². The van der Waals surface area contributed by atoms with Gasteiger partial charge in [0.25, 0.3) is 0 Å². The molecule has 0 saturated carbocycles. The minimum Gasteiger partial charge on any atom is -0.497 e. The van der Waals surface area contributed by atoms with E-state index in [1.54, 1.807) is 32.2 Å². The number of nitrogens with one attached hydrogen (secondary N) is 1. The zero-order valence-corrected chi connectivity index (χ0v) is 12.2. The lowest BCUT2D eigenvalue weighted by molar-refractivity contribution is 0.0468. The Morgan fingerprint density at radius 1 is 1.40 bits per heavy atom. The Morgan fingerprint density at radius 3 is 2.80 bits per heavy atom. The predicted molar refractivity (Wildman–Crippen MR) is 75.2 cm³/mol. The van der Waals surface area contributed by atoms with Gasteiger partial charge in [-0.1, -0.05) is 0 Å². The van der Waals surface area contributed by atoms with Crippen molar-refractivity contribution in [3.05, 3.63) is 23.8 Å². The van der Waals surface area contributed by atoms with Crippen molar-refractivity contribution in [1.82, 2.24) is 5.32 Å². The highest BCUT2D eigenvalue weighted by atomic mass is 19.1. The predicted octanol–water partition coefficient (Wildman–Crippen LogP) is 2.27. The molecule has 1 fully saturated rings. The summed E-state index contributed by atoms with van der Waals surface area (Å²) in [4.78, 5) is 0. The van der Waals surface area contributed by atoms with Crippen molar-refractivity contribution in [1.29, 1.82) is 0 Å². The van der Waals surface area contributed by atoms with E-state index in [0.29, 0.717) is 36.7 Å². The summed E-state index contributed by atoms with van der Waals surface area (Å²) in [5.74, 6) is 1.16. The average molecular weight is 283 g/mol. The van der Waals surface area contributed by atoms with Gasteiger partial charge in [0.05, 0.1) is 27.4 Å². The molecule has 1 N–H and O–H groups in total. The molecule has 5 heteroatoms. The van der Waals surface area contributed by atoms with Gasteiger partial charge in [0.15, 0.2) is 0 Å². The standard InChI is InChI=1S/C15H22FNO3/c1-15(16,9-11-10-20-7-6-17-11)13-5-4-12(18-2)8-14(13)19-3/h4-5,8,11,17H,6-7,9-10H2,1-3H3. The molecule has 1 saturated heterocycles. The van der Waals surface area contributed by atoms with Crippen LogP contribution in [0.2, 0.25) is 0 Å². The fraction of sp³-hybridized carbons (Fsp3) is 0.600. The van der Waals surface area contributed by atoms with Crippen LogP contribution in [0.1, 0.15) is 18.9 Å². The van der Waals surface area contributed by atoms with Crippen LogP contribution < -0.4 is 14.8 Å². The maximum Gasteiger partial charge on any atom is 0.138 e. The van der Waals surface area contributed by atoms with E-state index in [1.165, 1.54) is 7.11 Å². The third kappa shape index (κ3) is 3.41. The SMILES string of the molecule is COc1ccc(C(C)(F)CC2COCCN2)c(OC)c1. The first-order chi connectivity index (χ1) is 9.56. The Morgan fingerprint density at radius 2 is 2.20 bits per heavy atom. The van der Waals surface area contributed by atoms with Crippen LogP contribution in [0, 0.1) is 0 Å². The van der Waals surface area contributed by atoms with Gasteiger partial charge in [-0.3, -0.25) is 0 Å². The molecule has 112 valence electrons. The van der Waals surface area contributed by atoms with Crippen LogP contribution in [-0.2, 0) is 10.4 Å². The number of alkyl halides is 1. The van der Waals surface area contributed by atoms with Crippen molar-refractivity contribution < 1.29 is 18.6 Å². The van der Waals surface area contributed by atoms with Crippen molar-refractivity contribution in [2.24, 2.45) is 0 Å². The second-order valence-electron chi connectivity index (χ2n) is 5.19. The van der Waals surface area contributed by atoms with E-state index in [4.69, 9.17) is 14.2 Å². The van der Waals surface area contributed by atoms with Gasteiger partial charge >= 0.3 is 0 Å². The Kier molecular flexibility index (Phi) is 4.83. The monoisotopic (exact) mass is 283 g/mol. The van der Waals surface area contributed by atoms with Crippen molar-refractivity contribution in [2.45, 2.75) is 25.1 Å². The number of hydrogen-bond donors (Lipinski definition) is 1. The van der Waals surface area contributed by atoms with Crippen LogP contribution in [-0.4, -0.2) is 40.0 Å². The fourth-order valence-electron chi connectivity index (χ4n) is 2.55. The molecule has 0 bridgehead atoms. The lowest BCUT2D eigenvalue weighted by Gasteiger charge is -2.31. The average Bonchev–Trinajstić information content (AvgIpc) is 2.47. The summed E-state index contributed by atoms with van der Waals surface area (Å²) in [6.45, 7) is 3.57. The summed E-state index contributed by atoms with van der Waals surface area (Å²) in [5.41, 5.74) is -0.955. The van der Waals surface area contributed by atoms with Gasteiger partial charge in [-0.05, 0) is 19.1 Å². The maximum absolute atomic E-state index is 15.1. The molecule has 0 amide bonds. The first-order valence-corrected chi connectivity index (χ1v) is 6.79. The minimum absolute atomic E-state index is 0.0190. The number of benzene rings is 1. The third-order valence-corrected chi connectivity index (χ3v) is 3.60. The molecule has 1 aromatic carbocycles. The van der Waals surface area contributed by atoms with Crippen molar-refractivity contribution in [3.8, 4) is 11.5 Å². The highest BCUT2D eigenvalue weighted by Gasteiger charge is 2.33. The lowest BCUT2D eigenvalue weighted by atomic mass is 9.90. The first-order valence-electron chi connectivity index (χ1n) is 6.79. The van der Waals surface area contributed by atoms with Crippen molar-refractivity contribution in [3.63, 3.8) is 0 Å². The molecule has 1 aromatic rings. The molecule has 0 aliphatic carbocycles. The molecule has 4 nitrogen and oxygen atoms in total. The van der Waals surface area contributed by atoms with E-state index in [1.807, 2.05) is 0 Å². The summed E-state index contributed by atoms with van der Waals surface area (Å²) in [6, 6.07) is 5.20. The molecule has 1 aliphatic rings. The van der Waals surface area contributed by atoms with Gasteiger partial charge < -0.3 is 19.5 Å². The molecule has 0 radical (unpaired) electrons. The number of hydrogen-bond acceptors (Lipinski definition) is 4. The topological polar surface area (TPSA) is 39.7 Å². The fourth-order valence-corrected chi connectivity index (χ4v) is 2.55. The van der Waals surface area contributed by atoms with E-state index in [0.717, 1.165) is 6.54 Å². The van der Waals surface area contributed by atoms with E-state index in [-0.39, 0.29) is 6.04 Å². The van der Waals surface area contributed by atoms with Gasteiger partial charge in [-0.2, -0.15) is 0 Å². The molecular weight excluding hydrogens is 261 g/mol. The second-order valence-corrected chi connectivity index (χ2v) is 5.19. The number of halogens is 1.